The summed E-state index contributed by atoms with van der Waals surface area (Å²) in [6.07, 6.45) is 11.3. The number of carbonyl (C=O) groups excluding carboxylic acids is 4. The lowest BCUT2D eigenvalue weighted by Gasteiger charge is -2.72. The highest BCUT2D eigenvalue weighted by atomic mass is 16.6. The maximum atomic E-state index is 14.5. The lowest BCUT2D eigenvalue weighted by atomic mass is 9.32. The molecular weight excluding hydrogens is 628 g/mol. The summed E-state index contributed by atoms with van der Waals surface area (Å²) in [6.45, 7) is 24.7. The van der Waals surface area contributed by atoms with Gasteiger partial charge in [0.15, 0.2) is 0 Å². The van der Waals surface area contributed by atoms with Gasteiger partial charge in [0.25, 0.3) is 0 Å². The average molecular weight is 697 g/mol. The quantitative estimate of drug-likeness (QED) is 0.142. The number of nitrogens with one attached hydrogen (secondary N) is 2. The van der Waals surface area contributed by atoms with E-state index in [1.807, 2.05) is 0 Å². The van der Waals surface area contributed by atoms with E-state index in [0.29, 0.717) is 61.7 Å². The summed E-state index contributed by atoms with van der Waals surface area (Å²) in [5.41, 5.74) is 0.383. The number of methoxy groups -OCH3 is 1. The van der Waals surface area contributed by atoms with Crippen molar-refractivity contribution in [1.29, 1.82) is 0 Å². The molecule has 0 aromatic rings. The number of hydrogen-bond acceptors (Lipinski definition) is 6. The fourth-order valence-electron chi connectivity index (χ4n) is 13.0. The van der Waals surface area contributed by atoms with Gasteiger partial charge in [0.2, 0.25) is 5.91 Å². The van der Waals surface area contributed by atoms with Crippen LogP contribution >= 0.6 is 0 Å². The van der Waals surface area contributed by atoms with Crippen LogP contribution in [-0.4, -0.2) is 49.1 Å². The molecule has 0 unspecified atom stereocenters. The van der Waals surface area contributed by atoms with E-state index in [-0.39, 0.29) is 38.9 Å². The minimum Gasteiger partial charge on any atom is -0.467 e. The number of alkyl carbamates (subject to hydrolysis) is 1. The topological polar surface area (TPSA) is 111 Å². The summed E-state index contributed by atoms with van der Waals surface area (Å²) in [4.78, 5) is 52.3. The van der Waals surface area contributed by atoms with Crippen LogP contribution in [0.25, 0.3) is 0 Å². The SMILES string of the molecule is C=C(C)[C@@H]1CC[C@]2(C(=O)NCCCC[C@H](NC(=O)OC(C)(C)C)C(=O)OC)CC[C@]3(C)[C@H](CC[C@@H]4[C@@]5(C)CCC(=O)C(C)(C)[C@@H]5CC[C@]43C)[C@@H]12. The molecule has 2 N–H and O–H groups in total. The Hall–Kier alpha value is -2.38. The first-order valence-electron chi connectivity index (χ1n) is 19.7. The molecule has 5 rings (SSSR count). The first-order chi connectivity index (χ1) is 23.2. The van der Waals surface area contributed by atoms with Gasteiger partial charge in [-0.2, -0.15) is 0 Å². The Morgan fingerprint density at radius 3 is 2.24 bits per heavy atom. The van der Waals surface area contributed by atoms with Crippen LogP contribution in [0.5, 0.6) is 0 Å². The van der Waals surface area contributed by atoms with Gasteiger partial charge in [-0.05, 0) is 151 Å². The Morgan fingerprint density at radius 1 is 0.900 bits per heavy atom. The van der Waals surface area contributed by atoms with E-state index in [9.17, 15) is 19.2 Å². The highest BCUT2D eigenvalue weighted by Crippen LogP contribution is 2.77. The van der Waals surface area contributed by atoms with E-state index in [0.717, 1.165) is 44.9 Å². The van der Waals surface area contributed by atoms with Gasteiger partial charge >= 0.3 is 12.1 Å². The molecule has 10 atom stereocenters. The lowest BCUT2D eigenvalue weighted by molar-refractivity contribution is -0.233. The van der Waals surface area contributed by atoms with Gasteiger partial charge < -0.3 is 20.1 Å². The van der Waals surface area contributed by atoms with E-state index in [2.05, 4.69) is 58.8 Å². The molecule has 0 heterocycles. The van der Waals surface area contributed by atoms with E-state index in [4.69, 9.17) is 9.47 Å². The molecule has 0 aromatic carbocycles. The number of ether oxygens (including phenoxy) is 2. The van der Waals surface area contributed by atoms with Crippen LogP contribution in [0, 0.1) is 56.7 Å². The minimum atomic E-state index is -0.801. The predicted octanol–water partition coefficient (Wildman–Crippen LogP) is 8.57. The number of amides is 2. The van der Waals surface area contributed by atoms with Gasteiger partial charge in [0, 0.05) is 18.4 Å². The zero-order valence-corrected chi connectivity index (χ0v) is 33.0. The second-order valence-electron chi connectivity index (χ2n) is 19.5. The lowest BCUT2D eigenvalue weighted by Crippen LogP contribution is -2.67. The molecule has 5 aliphatic rings. The van der Waals surface area contributed by atoms with Gasteiger partial charge in [0.1, 0.15) is 17.4 Å². The van der Waals surface area contributed by atoms with E-state index in [1.54, 1.807) is 20.8 Å². The molecule has 5 aliphatic carbocycles. The van der Waals surface area contributed by atoms with Crippen LogP contribution < -0.4 is 10.6 Å². The first kappa shape index (κ1) is 38.8. The van der Waals surface area contributed by atoms with Gasteiger partial charge in [-0.1, -0.05) is 46.8 Å². The molecule has 0 spiro atoms. The highest BCUT2D eigenvalue weighted by Gasteiger charge is 2.71. The zero-order valence-electron chi connectivity index (χ0n) is 33.0. The number of rotatable bonds is 9. The Bertz CT molecular complexity index is 1370. The van der Waals surface area contributed by atoms with Crippen molar-refractivity contribution in [3.8, 4) is 0 Å². The molecule has 0 radical (unpaired) electrons. The van der Waals surface area contributed by atoms with Gasteiger partial charge in [-0.15, -0.1) is 0 Å². The number of unbranched alkanes of at least 4 members (excludes halogenated alkanes) is 1. The number of allylic oxidation sites excluding steroid dienone is 1. The fraction of sp³-hybridized carbons (Fsp3) is 0.857. The largest absolute Gasteiger partial charge is 0.467 e. The molecule has 5 saturated carbocycles. The second-order valence-corrected chi connectivity index (χ2v) is 19.5. The van der Waals surface area contributed by atoms with Crippen molar-refractivity contribution in [1.82, 2.24) is 10.6 Å². The summed E-state index contributed by atoms with van der Waals surface area (Å²) < 4.78 is 10.3. The summed E-state index contributed by atoms with van der Waals surface area (Å²) in [5.74, 6) is 2.27. The van der Waals surface area contributed by atoms with Crippen LogP contribution in [0.1, 0.15) is 146 Å². The molecule has 0 bridgehead atoms. The molecule has 50 heavy (non-hydrogen) atoms. The monoisotopic (exact) mass is 697 g/mol. The number of esters is 1. The Kier molecular flexibility index (Phi) is 10.5. The summed E-state index contributed by atoms with van der Waals surface area (Å²) >= 11 is 0. The van der Waals surface area contributed by atoms with Crippen molar-refractivity contribution in [3.63, 3.8) is 0 Å². The van der Waals surface area contributed by atoms with Crippen molar-refractivity contribution in [3.05, 3.63) is 12.2 Å². The Labute approximate surface area is 302 Å². The van der Waals surface area contributed by atoms with Gasteiger partial charge in [0.05, 0.1) is 12.5 Å². The van der Waals surface area contributed by atoms with Crippen LogP contribution in [0.15, 0.2) is 12.2 Å². The number of hydrogen-bond donors (Lipinski definition) is 2. The molecule has 0 aromatic heterocycles. The molecule has 0 saturated heterocycles. The van der Waals surface area contributed by atoms with Crippen molar-refractivity contribution in [2.24, 2.45) is 56.7 Å². The molecule has 5 fully saturated rings. The second kappa shape index (κ2) is 13.5. The molecule has 282 valence electrons. The fourth-order valence-corrected chi connectivity index (χ4v) is 13.0. The van der Waals surface area contributed by atoms with E-state index in [1.165, 1.54) is 25.5 Å². The van der Waals surface area contributed by atoms with E-state index >= 15 is 0 Å². The third-order valence-electron chi connectivity index (χ3n) is 15.6. The number of carbonyl (C=O) groups is 4. The van der Waals surface area contributed by atoms with Crippen molar-refractivity contribution in [2.45, 2.75) is 157 Å². The predicted molar refractivity (Wildman–Crippen MR) is 196 cm³/mol. The number of ketones is 1. The number of fused-ring (bicyclic) bond motifs is 7. The van der Waals surface area contributed by atoms with Crippen LogP contribution in [0.3, 0.4) is 0 Å². The Morgan fingerprint density at radius 2 is 1.60 bits per heavy atom. The zero-order chi connectivity index (χ0) is 37.1. The van der Waals surface area contributed by atoms with Crippen LogP contribution in [-0.2, 0) is 23.9 Å². The summed E-state index contributed by atoms with van der Waals surface area (Å²) in [7, 11) is 1.31. The summed E-state index contributed by atoms with van der Waals surface area (Å²) in [6, 6.07) is -0.801. The Balaban J connectivity index is 1.29. The minimum absolute atomic E-state index is 0.131. The standard InChI is InChI=1S/C42H68N2O6/c1-26(2)27-17-22-42(35(47)43-25-13-12-14-29(34(46)49-11)44-36(48)50-37(3,4)5)24-23-40(9)28(33(27)42)15-16-31-39(8)20-19-32(45)38(6,7)30(39)18-21-41(31,40)10/h27-31,33H,1,12-25H2,2-11H3,(H,43,47)(H,44,48)/t27-,28+,29-,30-,31+,33+,39-,40+,41+,42-/m0/s1. The smallest absolute Gasteiger partial charge is 0.408 e. The molecule has 2 amide bonds. The molecule has 8 nitrogen and oxygen atoms in total. The highest BCUT2D eigenvalue weighted by molar-refractivity contribution is 5.86. The normalized spacial score (nSPS) is 39.5. The average Bonchev–Trinajstić information content (AvgIpc) is 3.43. The molecular formula is C42H68N2O6. The summed E-state index contributed by atoms with van der Waals surface area (Å²) in [5, 5.41) is 6.01. The van der Waals surface area contributed by atoms with Gasteiger partial charge in [-0.3, -0.25) is 9.59 Å². The third-order valence-corrected chi connectivity index (χ3v) is 15.6. The van der Waals surface area contributed by atoms with Crippen LogP contribution in [0.4, 0.5) is 4.79 Å². The van der Waals surface area contributed by atoms with E-state index < -0.39 is 23.7 Å². The van der Waals surface area contributed by atoms with Crippen molar-refractivity contribution in [2.75, 3.05) is 13.7 Å². The first-order valence-corrected chi connectivity index (χ1v) is 19.7. The van der Waals surface area contributed by atoms with Crippen molar-refractivity contribution >= 4 is 23.8 Å². The maximum absolute atomic E-state index is 14.5. The molecule has 0 aliphatic heterocycles. The third kappa shape index (κ3) is 6.35. The number of Topliss-reactive ketones (excluding diaryl/α,β-unsaturated/α-hetero) is 1. The van der Waals surface area contributed by atoms with Gasteiger partial charge in [-0.25, -0.2) is 9.59 Å². The maximum Gasteiger partial charge on any atom is 0.408 e. The van der Waals surface area contributed by atoms with Crippen LogP contribution in [0.2, 0.25) is 0 Å². The van der Waals surface area contributed by atoms with Crippen molar-refractivity contribution < 1.29 is 28.7 Å². The molecule has 8 heteroatoms.